The van der Waals surface area contributed by atoms with Gasteiger partial charge < -0.3 is 15.2 Å². The van der Waals surface area contributed by atoms with E-state index in [0.29, 0.717) is 0 Å². The lowest BCUT2D eigenvalue weighted by Gasteiger charge is -2.18. The van der Waals surface area contributed by atoms with Crippen LogP contribution >= 0.6 is 0 Å². The second-order valence-electron chi connectivity index (χ2n) is 4.64. The smallest absolute Gasteiger partial charge is 0.339 e. The van der Waals surface area contributed by atoms with Gasteiger partial charge in [0.25, 0.3) is 5.91 Å². The van der Waals surface area contributed by atoms with Crippen LogP contribution in [0, 0.1) is 0 Å². The summed E-state index contributed by atoms with van der Waals surface area (Å²) in [6, 6.07) is 1.40. The van der Waals surface area contributed by atoms with Gasteiger partial charge in [-0.2, -0.15) is 0 Å². The molecule has 0 aliphatic carbocycles. The summed E-state index contributed by atoms with van der Waals surface area (Å²) in [7, 11) is 0. The molecule has 1 aromatic heterocycles. The Balaban J connectivity index is 2.68. The van der Waals surface area contributed by atoms with Crippen LogP contribution in [0.4, 0.5) is 0 Å². The van der Waals surface area contributed by atoms with Crippen molar-refractivity contribution in [3.05, 3.63) is 24.0 Å². The van der Waals surface area contributed by atoms with Crippen LogP contribution in [-0.4, -0.2) is 34.1 Å². The third kappa shape index (κ3) is 4.53. The predicted octanol–water partition coefficient (Wildman–Crippen LogP) is 1.85. The maximum atomic E-state index is 11.9. The summed E-state index contributed by atoms with van der Waals surface area (Å²) in [4.78, 5) is 26.7. The topological polar surface area (TPSA) is 88.5 Å². The summed E-state index contributed by atoms with van der Waals surface area (Å²) >= 11 is 0. The molecule has 0 aromatic carbocycles. The van der Waals surface area contributed by atoms with E-state index in [1.165, 1.54) is 18.5 Å². The van der Waals surface area contributed by atoms with E-state index in [1.807, 2.05) is 13.8 Å². The second-order valence-corrected chi connectivity index (χ2v) is 4.64. The van der Waals surface area contributed by atoms with Crippen molar-refractivity contribution in [3.8, 4) is 5.75 Å². The van der Waals surface area contributed by atoms with Crippen molar-refractivity contribution in [1.82, 2.24) is 10.3 Å². The molecule has 6 heteroatoms. The van der Waals surface area contributed by atoms with Crippen LogP contribution in [0.5, 0.6) is 5.75 Å². The molecule has 0 bridgehead atoms. The number of hydrogen-bond acceptors (Lipinski definition) is 4. The Morgan fingerprint density at radius 3 is 2.75 bits per heavy atom. The van der Waals surface area contributed by atoms with Crippen molar-refractivity contribution < 1.29 is 19.4 Å². The summed E-state index contributed by atoms with van der Waals surface area (Å²) in [5, 5.41) is 11.8. The van der Waals surface area contributed by atoms with Crippen LogP contribution in [0.15, 0.2) is 18.5 Å². The predicted molar refractivity (Wildman–Crippen MR) is 73.8 cm³/mol. The quantitative estimate of drug-likeness (QED) is 0.795. The molecule has 0 aliphatic rings. The zero-order chi connectivity index (χ0) is 15.1. The van der Waals surface area contributed by atoms with Gasteiger partial charge in [0.1, 0.15) is 5.56 Å². The van der Waals surface area contributed by atoms with E-state index in [-0.39, 0.29) is 23.3 Å². The molecule has 1 rings (SSSR count). The Hall–Kier alpha value is -2.11. The zero-order valence-corrected chi connectivity index (χ0v) is 11.9. The van der Waals surface area contributed by atoms with Gasteiger partial charge in [0.15, 0.2) is 11.9 Å². The molecular formula is C14H20N2O4. The fourth-order valence-electron chi connectivity index (χ4n) is 1.76. The molecular weight excluding hydrogens is 260 g/mol. The number of nitrogens with zero attached hydrogens (tertiary/aromatic N) is 1. The van der Waals surface area contributed by atoms with Crippen molar-refractivity contribution in [2.24, 2.45) is 0 Å². The normalized spacial score (nSPS) is 13.3. The Morgan fingerprint density at radius 1 is 1.45 bits per heavy atom. The SMILES string of the molecule is CCCC(C)NC(=O)C(C)Oc1cnccc1C(=O)O. The summed E-state index contributed by atoms with van der Waals surface area (Å²) in [5.74, 6) is -1.30. The molecule has 2 unspecified atom stereocenters. The summed E-state index contributed by atoms with van der Waals surface area (Å²) in [6.07, 6.45) is 3.73. The lowest BCUT2D eigenvalue weighted by atomic mass is 10.2. The number of aromatic nitrogens is 1. The summed E-state index contributed by atoms with van der Waals surface area (Å²) < 4.78 is 5.39. The number of carbonyl (C=O) groups excluding carboxylic acids is 1. The van der Waals surface area contributed by atoms with Crippen molar-refractivity contribution in [3.63, 3.8) is 0 Å². The molecule has 0 spiro atoms. The summed E-state index contributed by atoms with van der Waals surface area (Å²) in [5.41, 5.74) is -0.0127. The maximum Gasteiger partial charge on any atom is 0.339 e. The number of amides is 1. The van der Waals surface area contributed by atoms with Crippen molar-refractivity contribution in [1.29, 1.82) is 0 Å². The number of carbonyl (C=O) groups is 2. The van der Waals surface area contributed by atoms with Gasteiger partial charge in [0.2, 0.25) is 0 Å². The molecule has 0 fully saturated rings. The summed E-state index contributed by atoms with van der Waals surface area (Å²) in [6.45, 7) is 5.53. The molecule has 0 saturated heterocycles. The molecule has 2 N–H and O–H groups in total. The maximum absolute atomic E-state index is 11.9. The molecule has 0 saturated carbocycles. The number of hydrogen-bond donors (Lipinski definition) is 2. The first kappa shape index (κ1) is 15.9. The van der Waals surface area contributed by atoms with E-state index in [4.69, 9.17) is 9.84 Å². The van der Waals surface area contributed by atoms with Crippen LogP contribution in [0.3, 0.4) is 0 Å². The van der Waals surface area contributed by atoms with Gasteiger partial charge in [0, 0.05) is 12.2 Å². The van der Waals surface area contributed by atoms with Gasteiger partial charge in [-0.15, -0.1) is 0 Å². The van der Waals surface area contributed by atoms with Gasteiger partial charge in [-0.05, 0) is 26.3 Å². The highest BCUT2D eigenvalue weighted by Crippen LogP contribution is 2.17. The highest BCUT2D eigenvalue weighted by molar-refractivity contribution is 5.91. The first-order valence-electron chi connectivity index (χ1n) is 6.60. The first-order valence-corrected chi connectivity index (χ1v) is 6.60. The van der Waals surface area contributed by atoms with Crippen molar-refractivity contribution in [2.45, 2.75) is 45.8 Å². The lowest BCUT2D eigenvalue weighted by molar-refractivity contribution is -0.127. The highest BCUT2D eigenvalue weighted by atomic mass is 16.5. The Morgan fingerprint density at radius 2 is 2.15 bits per heavy atom. The Bertz CT molecular complexity index is 476. The van der Waals surface area contributed by atoms with E-state index in [1.54, 1.807) is 6.92 Å². The van der Waals surface area contributed by atoms with Crippen LogP contribution in [0.1, 0.15) is 44.0 Å². The Kier molecular flexibility index (Phi) is 5.96. The standard InChI is InChI=1S/C14H20N2O4/c1-4-5-9(2)16-13(17)10(3)20-12-8-15-7-6-11(12)14(18)19/h6-10H,4-5H2,1-3H3,(H,16,17)(H,18,19). The van der Waals surface area contributed by atoms with Crippen molar-refractivity contribution >= 4 is 11.9 Å². The Labute approximate surface area is 118 Å². The molecule has 0 radical (unpaired) electrons. The fraction of sp³-hybridized carbons (Fsp3) is 0.500. The minimum atomic E-state index is -1.12. The third-order valence-corrected chi connectivity index (χ3v) is 2.80. The van der Waals surface area contributed by atoms with Gasteiger partial charge in [-0.1, -0.05) is 13.3 Å². The van der Waals surface area contributed by atoms with Gasteiger partial charge in [-0.3, -0.25) is 9.78 Å². The number of nitrogens with one attached hydrogen (secondary N) is 1. The molecule has 20 heavy (non-hydrogen) atoms. The van der Waals surface area contributed by atoms with E-state index < -0.39 is 12.1 Å². The monoisotopic (exact) mass is 280 g/mol. The van der Waals surface area contributed by atoms with Crippen LogP contribution < -0.4 is 10.1 Å². The minimum Gasteiger partial charge on any atom is -0.478 e. The molecule has 1 amide bonds. The van der Waals surface area contributed by atoms with Crippen LogP contribution in [0.2, 0.25) is 0 Å². The van der Waals surface area contributed by atoms with Gasteiger partial charge in [-0.25, -0.2) is 4.79 Å². The average Bonchev–Trinajstić information content (AvgIpc) is 2.39. The molecule has 110 valence electrons. The fourth-order valence-corrected chi connectivity index (χ4v) is 1.76. The van der Waals surface area contributed by atoms with Crippen LogP contribution in [-0.2, 0) is 4.79 Å². The third-order valence-electron chi connectivity index (χ3n) is 2.80. The number of pyridine rings is 1. The number of rotatable bonds is 7. The average molecular weight is 280 g/mol. The van der Waals surface area contributed by atoms with Crippen LogP contribution in [0.25, 0.3) is 0 Å². The van der Waals surface area contributed by atoms with Crippen molar-refractivity contribution in [2.75, 3.05) is 0 Å². The molecule has 2 atom stereocenters. The second kappa shape index (κ2) is 7.47. The van der Waals surface area contributed by atoms with E-state index in [2.05, 4.69) is 10.3 Å². The highest BCUT2D eigenvalue weighted by Gasteiger charge is 2.19. The first-order chi connectivity index (χ1) is 9.45. The van der Waals surface area contributed by atoms with E-state index in [9.17, 15) is 9.59 Å². The zero-order valence-electron chi connectivity index (χ0n) is 11.9. The number of carboxylic acid groups (broad SMARTS) is 1. The van der Waals surface area contributed by atoms with Gasteiger partial charge in [0.05, 0.1) is 6.20 Å². The van der Waals surface area contributed by atoms with Gasteiger partial charge >= 0.3 is 5.97 Å². The number of ether oxygens (including phenoxy) is 1. The molecule has 1 heterocycles. The number of aromatic carboxylic acids is 1. The molecule has 0 aliphatic heterocycles. The molecule has 1 aromatic rings. The van der Waals surface area contributed by atoms with E-state index >= 15 is 0 Å². The largest absolute Gasteiger partial charge is 0.478 e. The minimum absolute atomic E-state index is 0.0127. The van der Waals surface area contributed by atoms with E-state index in [0.717, 1.165) is 12.8 Å². The molecule has 6 nitrogen and oxygen atoms in total. The lowest BCUT2D eigenvalue weighted by Crippen LogP contribution is -2.41. The number of carboxylic acids is 1.